The average Bonchev–Trinajstić information content (AvgIpc) is 2.74. The highest BCUT2D eigenvalue weighted by atomic mass is 16.5. The molecule has 5 heteroatoms. The topological polar surface area (TPSA) is 63.2 Å². The lowest BCUT2D eigenvalue weighted by atomic mass is 10.1. The van der Waals surface area contributed by atoms with Gasteiger partial charge in [0.2, 0.25) is 0 Å². The van der Waals surface area contributed by atoms with E-state index in [0.29, 0.717) is 12.2 Å². The van der Waals surface area contributed by atoms with Crippen LogP contribution < -0.4 is 15.4 Å². The Morgan fingerprint density at radius 1 is 1.11 bits per heavy atom. The van der Waals surface area contributed by atoms with Gasteiger partial charge < -0.3 is 15.4 Å². The number of nitrogens with one attached hydrogen (secondary N) is 2. The number of methoxy groups -OCH3 is 1. The van der Waals surface area contributed by atoms with Crippen LogP contribution in [-0.2, 0) is 13.0 Å². The number of hydrogen-bond donors (Lipinski definition) is 2. The standard InChI is InChI=1S/C23H25N3O2/c1-4-18-7-5-6-16(2)22(18)26-19-12-13-24-21(14-19)23(27)25-15-17-8-10-20(28-3)11-9-17/h5-14H,4,15H2,1-3H3,(H,24,26)(H,25,27). The average molecular weight is 375 g/mol. The first-order chi connectivity index (χ1) is 13.6. The molecule has 3 rings (SSSR count). The minimum atomic E-state index is -0.208. The summed E-state index contributed by atoms with van der Waals surface area (Å²) in [5.41, 5.74) is 5.71. The minimum Gasteiger partial charge on any atom is -0.497 e. The Morgan fingerprint density at radius 3 is 2.61 bits per heavy atom. The van der Waals surface area contributed by atoms with Gasteiger partial charge in [0.1, 0.15) is 11.4 Å². The van der Waals surface area contributed by atoms with Crippen molar-refractivity contribution in [2.45, 2.75) is 26.8 Å². The maximum absolute atomic E-state index is 12.5. The first-order valence-electron chi connectivity index (χ1n) is 9.33. The van der Waals surface area contributed by atoms with Gasteiger partial charge >= 0.3 is 0 Å². The molecule has 0 saturated heterocycles. The molecule has 0 fully saturated rings. The maximum atomic E-state index is 12.5. The summed E-state index contributed by atoms with van der Waals surface area (Å²) in [5.74, 6) is 0.582. The first-order valence-corrected chi connectivity index (χ1v) is 9.33. The van der Waals surface area contributed by atoms with Gasteiger partial charge in [-0.05, 0) is 54.3 Å². The van der Waals surface area contributed by atoms with Crippen LogP contribution in [0, 0.1) is 6.92 Å². The van der Waals surface area contributed by atoms with Gasteiger partial charge in [-0.3, -0.25) is 9.78 Å². The van der Waals surface area contributed by atoms with E-state index < -0.39 is 0 Å². The molecule has 3 aromatic rings. The number of nitrogens with zero attached hydrogens (tertiary/aromatic N) is 1. The molecular formula is C23H25N3O2. The quantitative estimate of drug-likeness (QED) is 0.632. The Hall–Kier alpha value is -3.34. The molecule has 2 aromatic carbocycles. The lowest BCUT2D eigenvalue weighted by Crippen LogP contribution is -2.23. The zero-order valence-electron chi connectivity index (χ0n) is 16.5. The predicted molar refractivity (Wildman–Crippen MR) is 112 cm³/mol. The molecule has 0 spiro atoms. The number of aryl methyl sites for hydroxylation is 2. The van der Waals surface area contributed by atoms with Crippen molar-refractivity contribution in [1.82, 2.24) is 10.3 Å². The summed E-state index contributed by atoms with van der Waals surface area (Å²) in [7, 11) is 1.63. The van der Waals surface area contributed by atoms with Gasteiger partial charge in [-0.25, -0.2) is 0 Å². The second kappa shape index (κ2) is 9.04. The van der Waals surface area contributed by atoms with Crippen molar-refractivity contribution in [2.75, 3.05) is 12.4 Å². The van der Waals surface area contributed by atoms with E-state index in [1.807, 2.05) is 30.3 Å². The molecular weight excluding hydrogens is 350 g/mol. The van der Waals surface area contributed by atoms with Crippen molar-refractivity contribution in [3.63, 3.8) is 0 Å². The SMILES string of the molecule is CCc1cccc(C)c1Nc1ccnc(C(=O)NCc2ccc(OC)cc2)c1. The number of para-hydroxylation sites is 1. The zero-order chi connectivity index (χ0) is 19.9. The van der Waals surface area contributed by atoms with Crippen molar-refractivity contribution < 1.29 is 9.53 Å². The summed E-state index contributed by atoms with van der Waals surface area (Å²) in [6, 6.07) is 17.5. The van der Waals surface area contributed by atoms with Crippen LogP contribution in [-0.4, -0.2) is 18.0 Å². The van der Waals surface area contributed by atoms with E-state index in [1.54, 1.807) is 19.4 Å². The molecule has 5 nitrogen and oxygen atoms in total. The van der Waals surface area contributed by atoms with E-state index in [9.17, 15) is 4.79 Å². The van der Waals surface area contributed by atoms with Crippen LogP contribution in [0.4, 0.5) is 11.4 Å². The van der Waals surface area contributed by atoms with Crippen LogP contribution in [0.15, 0.2) is 60.8 Å². The van der Waals surface area contributed by atoms with E-state index >= 15 is 0 Å². The molecule has 0 unspecified atom stereocenters. The number of rotatable bonds is 7. The third kappa shape index (κ3) is 4.68. The second-order valence-corrected chi connectivity index (χ2v) is 6.55. The summed E-state index contributed by atoms with van der Waals surface area (Å²) in [4.78, 5) is 16.7. The Kier molecular flexibility index (Phi) is 6.27. The summed E-state index contributed by atoms with van der Waals surface area (Å²) >= 11 is 0. The molecule has 144 valence electrons. The molecule has 0 saturated carbocycles. The van der Waals surface area contributed by atoms with Crippen LogP contribution in [0.25, 0.3) is 0 Å². The van der Waals surface area contributed by atoms with Crippen LogP contribution in [0.2, 0.25) is 0 Å². The summed E-state index contributed by atoms with van der Waals surface area (Å²) in [6.45, 7) is 4.63. The normalized spacial score (nSPS) is 10.4. The maximum Gasteiger partial charge on any atom is 0.270 e. The van der Waals surface area contributed by atoms with E-state index in [4.69, 9.17) is 4.74 Å². The van der Waals surface area contributed by atoms with Gasteiger partial charge in [0.25, 0.3) is 5.91 Å². The van der Waals surface area contributed by atoms with Gasteiger partial charge in [-0.1, -0.05) is 37.3 Å². The lowest BCUT2D eigenvalue weighted by Gasteiger charge is -2.14. The van der Waals surface area contributed by atoms with E-state index in [1.165, 1.54) is 11.1 Å². The molecule has 1 aromatic heterocycles. The third-order valence-corrected chi connectivity index (χ3v) is 4.61. The fourth-order valence-corrected chi connectivity index (χ4v) is 3.00. The summed E-state index contributed by atoms with van der Waals surface area (Å²) in [5, 5.41) is 6.35. The number of benzene rings is 2. The molecule has 0 aliphatic heterocycles. The number of amides is 1. The Labute approximate surface area is 165 Å². The number of aromatic nitrogens is 1. The smallest absolute Gasteiger partial charge is 0.270 e. The molecule has 1 amide bonds. The summed E-state index contributed by atoms with van der Waals surface area (Å²) in [6.07, 6.45) is 2.58. The van der Waals surface area contributed by atoms with E-state index in [0.717, 1.165) is 29.1 Å². The number of anilines is 2. The number of pyridine rings is 1. The number of hydrogen-bond acceptors (Lipinski definition) is 4. The monoisotopic (exact) mass is 375 g/mol. The zero-order valence-corrected chi connectivity index (χ0v) is 16.5. The fourth-order valence-electron chi connectivity index (χ4n) is 3.00. The van der Waals surface area contributed by atoms with Gasteiger partial charge in [0.05, 0.1) is 7.11 Å². The van der Waals surface area contributed by atoms with Crippen LogP contribution >= 0.6 is 0 Å². The molecule has 0 aliphatic rings. The molecule has 0 bridgehead atoms. The van der Waals surface area contributed by atoms with Crippen LogP contribution in [0.5, 0.6) is 5.75 Å². The van der Waals surface area contributed by atoms with Gasteiger partial charge in [0, 0.05) is 24.1 Å². The first kappa shape index (κ1) is 19.4. The van der Waals surface area contributed by atoms with Gasteiger partial charge in [-0.2, -0.15) is 0 Å². The largest absolute Gasteiger partial charge is 0.497 e. The Morgan fingerprint density at radius 2 is 1.89 bits per heavy atom. The van der Waals surface area contributed by atoms with Crippen molar-refractivity contribution >= 4 is 17.3 Å². The van der Waals surface area contributed by atoms with E-state index in [2.05, 4.69) is 47.7 Å². The third-order valence-electron chi connectivity index (χ3n) is 4.61. The highest BCUT2D eigenvalue weighted by molar-refractivity contribution is 5.93. The minimum absolute atomic E-state index is 0.208. The summed E-state index contributed by atoms with van der Waals surface area (Å²) < 4.78 is 5.15. The molecule has 0 aliphatic carbocycles. The fraction of sp³-hybridized carbons (Fsp3) is 0.217. The molecule has 0 radical (unpaired) electrons. The Bertz CT molecular complexity index is 952. The van der Waals surface area contributed by atoms with Gasteiger partial charge in [0.15, 0.2) is 0 Å². The highest BCUT2D eigenvalue weighted by Gasteiger charge is 2.10. The molecule has 0 atom stereocenters. The van der Waals surface area contributed by atoms with E-state index in [-0.39, 0.29) is 5.91 Å². The number of carbonyl (C=O) groups excluding carboxylic acids is 1. The Balaban J connectivity index is 1.69. The molecule has 2 N–H and O–H groups in total. The van der Waals surface area contributed by atoms with Crippen molar-refractivity contribution in [1.29, 1.82) is 0 Å². The van der Waals surface area contributed by atoms with Crippen molar-refractivity contribution in [2.24, 2.45) is 0 Å². The van der Waals surface area contributed by atoms with Gasteiger partial charge in [-0.15, -0.1) is 0 Å². The number of ether oxygens (including phenoxy) is 1. The predicted octanol–water partition coefficient (Wildman–Crippen LogP) is 4.63. The van der Waals surface area contributed by atoms with Crippen molar-refractivity contribution in [3.05, 3.63) is 83.2 Å². The highest BCUT2D eigenvalue weighted by Crippen LogP contribution is 2.25. The second-order valence-electron chi connectivity index (χ2n) is 6.55. The molecule has 1 heterocycles. The lowest BCUT2D eigenvalue weighted by molar-refractivity contribution is 0.0946. The van der Waals surface area contributed by atoms with Crippen molar-refractivity contribution in [3.8, 4) is 5.75 Å². The number of carbonyl (C=O) groups is 1. The molecule has 28 heavy (non-hydrogen) atoms. The van der Waals surface area contributed by atoms with Crippen LogP contribution in [0.3, 0.4) is 0 Å². The van der Waals surface area contributed by atoms with Crippen LogP contribution in [0.1, 0.15) is 34.1 Å².